The van der Waals surface area contributed by atoms with E-state index in [1.54, 1.807) is 0 Å². The SMILES string of the molecule is CCC(C1CCNC1)n1c(C(=O)NCCN2CCCCC2)c(C(c2ccccc2)c2ccccc2)c2ccccc21. The van der Waals surface area contributed by atoms with E-state index in [4.69, 9.17) is 0 Å². The molecule has 2 aliphatic rings. The zero-order chi connectivity index (χ0) is 28.0. The topological polar surface area (TPSA) is 49.3 Å². The number of hydrogen-bond acceptors (Lipinski definition) is 3. The van der Waals surface area contributed by atoms with Crippen molar-refractivity contribution >= 4 is 16.8 Å². The van der Waals surface area contributed by atoms with Crippen LogP contribution in [0.3, 0.4) is 0 Å². The van der Waals surface area contributed by atoms with Crippen molar-refractivity contribution in [1.29, 1.82) is 0 Å². The standard InChI is InChI=1S/C36H44N4O/c1-2-31(29-20-21-37-26-29)40-32-19-11-10-18-30(32)34(35(40)36(41)38-22-25-39-23-12-5-13-24-39)33(27-14-6-3-7-15-27)28-16-8-4-9-17-28/h3-4,6-11,14-19,29,31,33,37H,2,5,12-13,20-26H2,1H3,(H,38,41). The van der Waals surface area contributed by atoms with Crippen LogP contribution < -0.4 is 10.6 Å². The number of likely N-dealkylation sites (tertiary alicyclic amines) is 1. The van der Waals surface area contributed by atoms with E-state index >= 15 is 0 Å². The maximum Gasteiger partial charge on any atom is 0.268 e. The van der Waals surface area contributed by atoms with Crippen LogP contribution in [0.2, 0.25) is 0 Å². The fourth-order valence-corrected chi connectivity index (χ4v) is 7.30. The van der Waals surface area contributed by atoms with Crippen LogP contribution in [0, 0.1) is 5.92 Å². The average molecular weight is 549 g/mol. The van der Waals surface area contributed by atoms with E-state index in [9.17, 15) is 4.79 Å². The molecule has 2 saturated heterocycles. The maximum atomic E-state index is 14.5. The second kappa shape index (κ2) is 13.1. The Morgan fingerprint density at radius 2 is 1.56 bits per heavy atom. The number of aromatic nitrogens is 1. The molecule has 3 aromatic carbocycles. The number of hydrogen-bond donors (Lipinski definition) is 2. The van der Waals surface area contributed by atoms with Gasteiger partial charge in [0.25, 0.3) is 5.91 Å². The van der Waals surface area contributed by atoms with Crippen molar-refractivity contribution in [3.05, 3.63) is 107 Å². The highest BCUT2D eigenvalue weighted by molar-refractivity contribution is 6.03. The van der Waals surface area contributed by atoms with Crippen molar-refractivity contribution in [3.63, 3.8) is 0 Å². The minimum atomic E-state index is -0.0504. The lowest BCUT2D eigenvalue weighted by Crippen LogP contribution is -2.39. The second-order valence-corrected chi connectivity index (χ2v) is 11.8. The van der Waals surface area contributed by atoms with E-state index in [1.165, 1.54) is 41.3 Å². The monoisotopic (exact) mass is 548 g/mol. The Balaban J connectivity index is 1.51. The van der Waals surface area contributed by atoms with Gasteiger partial charge in [-0.3, -0.25) is 4.79 Å². The first-order valence-electron chi connectivity index (χ1n) is 15.7. The van der Waals surface area contributed by atoms with Gasteiger partial charge in [-0.2, -0.15) is 0 Å². The maximum absolute atomic E-state index is 14.5. The van der Waals surface area contributed by atoms with Crippen LogP contribution >= 0.6 is 0 Å². The third kappa shape index (κ3) is 5.84. The van der Waals surface area contributed by atoms with Crippen molar-refractivity contribution < 1.29 is 4.79 Å². The second-order valence-electron chi connectivity index (χ2n) is 11.8. The van der Waals surface area contributed by atoms with Gasteiger partial charge in [-0.25, -0.2) is 0 Å². The van der Waals surface area contributed by atoms with Gasteiger partial charge in [-0.15, -0.1) is 0 Å². The normalized spacial score (nSPS) is 18.6. The van der Waals surface area contributed by atoms with Gasteiger partial charge in [0, 0.05) is 41.5 Å². The number of nitrogens with one attached hydrogen (secondary N) is 2. The summed E-state index contributed by atoms with van der Waals surface area (Å²) in [4.78, 5) is 17.0. The van der Waals surface area contributed by atoms with Gasteiger partial charge in [0.2, 0.25) is 0 Å². The highest BCUT2D eigenvalue weighted by Crippen LogP contribution is 2.43. The molecule has 5 heteroatoms. The minimum Gasteiger partial charge on any atom is -0.349 e. The van der Waals surface area contributed by atoms with E-state index in [1.807, 2.05) is 0 Å². The molecule has 0 radical (unpaired) electrons. The molecular weight excluding hydrogens is 504 g/mol. The molecule has 2 N–H and O–H groups in total. The van der Waals surface area contributed by atoms with E-state index < -0.39 is 0 Å². The van der Waals surface area contributed by atoms with Crippen LogP contribution in [0.4, 0.5) is 0 Å². The molecule has 0 saturated carbocycles. The molecule has 5 nitrogen and oxygen atoms in total. The number of carbonyl (C=O) groups excluding carboxylic acids is 1. The summed E-state index contributed by atoms with van der Waals surface area (Å²) in [5.74, 6) is 0.496. The molecule has 3 heterocycles. The van der Waals surface area contributed by atoms with Crippen molar-refractivity contribution in [3.8, 4) is 0 Å². The lowest BCUT2D eigenvalue weighted by Gasteiger charge is -2.28. The molecule has 6 rings (SSSR count). The zero-order valence-corrected chi connectivity index (χ0v) is 24.4. The summed E-state index contributed by atoms with van der Waals surface area (Å²) in [6.07, 6.45) is 5.96. The molecule has 0 aliphatic carbocycles. The van der Waals surface area contributed by atoms with E-state index in [0.29, 0.717) is 12.5 Å². The fourth-order valence-electron chi connectivity index (χ4n) is 7.30. The number of amides is 1. The predicted molar refractivity (Wildman–Crippen MR) is 169 cm³/mol. The largest absolute Gasteiger partial charge is 0.349 e. The fraction of sp³-hybridized carbons (Fsp3) is 0.417. The Morgan fingerprint density at radius 3 is 2.20 bits per heavy atom. The van der Waals surface area contributed by atoms with Gasteiger partial charge in [-0.05, 0) is 75.0 Å². The number of fused-ring (bicyclic) bond motifs is 1. The minimum absolute atomic E-state index is 0.0504. The molecule has 0 spiro atoms. The first-order chi connectivity index (χ1) is 20.3. The first kappa shape index (κ1) is 27.7. The summed E-state index contributed by atoms with van der Waals surface area (Å²) < 4.78 is 2.43. The van der Waals surface area contributed by atoms with Gasteiger partial charge in [0.05, 0.1) is 0 Å². The highest BCUT2D eigenvalue weighted by Gasteiger charge is 2.35. The summed E-state index contributed by atoms with van der Waals surface area (Å²) in [6.45, 7) is 8.17. The number of benzene rings is 3. The van der Waals surface area contributed by atoms with Crippen molar-refractivity contribution in [2.75, 3.05) is 39.3 Å². The van der Waals surface area contributed by atoms with Gasteiger partial charge < -0.3 is 20.1 Å². The van der Waals surface area contributed by atoms with Crippen molar-refractivity contribution in [2.45, 2.75) is 51.0 Å². The summed E-state index contributed by atoms with van der Waals surface area (Å²) in [7, 11) is 0. The highest BCUT2D eigenvalue weighted by atomic mass is 16.2. The summed E-state index contributed by atoms with van der Waals surface area (Å²) in [5.41, 5.74) is 5.54. The van der Waals surface area contributed by atoms with E-state index in [0.717, 1.165) is 56.8 Å². The molecule has 1 amide bonds. The van der Waals surface area contributed by atoms with Gasteiger partial charge in [0.1, 0.15) is 5.69 Å². The smallest absolute Gasteiger partial charge is 0.268 e. The number of nitrogens with zero attached hydrogens (tertiary/aromatic N) is 2. The molecule has 2 unspecified atom stereocenters. The summed E-state index contributed by atoms with van der Waals surface area (Å²) in [6, 6.07) is 30.4. The van der Waals surface area contributed by atoms with Crippen LogP contribution in [0.25, 0.3) is 10.9 Å². The Kier molecular flexibility index (Phi) is 8.83. The molecule has 214 valence electrons. The molecule has 2 fully saturated rings. The third-order valence-corrected chi connectivity index (χ3v) is 9.27. The Morgan fingerprint density at radius 1 is 0.902 bits per heavy atom. The lowest BCUT2D eigenvalue weighted by molar-refractivity contribution is 0.0932. The Hall–Kier alpha value is -3.41. The van der Waals surface area contributed by atoms with Crippen LogP contribution in [0.1, 0.15) is 78.2 Å². The number of carbonyl (C=O) groups is 1. The molecule has 4 aromatic rings. The Labute approximate surface area is 244 Å². The van der Waals surface area contributed by atoms with Gasteiger partial charge in [0.15, 0.2) is 0 Å². The third-order valence-electron chi connectivity index (χ3n) is 9.27. The number of piperidine rings is 1. The molecular formula is C36H44N4O. The number of para-hydroxylation sites is 1. The molecule has 2 aliphatic heterocycles. The summed E-state index contributed by atoms with van der Waals surface area (Å²) >= 11 is 0. The van der Waals surface area contributed by atoms with Gasteiger partial charge >= 0.3 is 0 Å². The van der Waals surface area contributed by atoms with Crippen LogP contribution in [-0.4, -0.2) is 54.6 Å². The summed E-state index contributed by atoms with van der Waals surface area (Å²) in [5, 5.41) is 8.16. The number of rotatable bonds is 10. The zero-order valence-electron chi connectivity index (χ0n) is 24.4. The molecule has 2 atom stereocenters. The van der Waals surface area contributed by atoms with Gasteiger partial charge in [-0.1, -0.05) is 92.2 Å². The van der Waals surface area contributed by atoms with Crippen LogP contribution in [-0.2, 0) is 0 Å². The molecule has 1 aromatic heterocycles. The van der Waals surface area contributed by atoms with Crippen molar-refractivity contribution in [1.82, 2.24) is 20.1 Å². The molecule has 0 bridgehead atoms. The first-order valence-corrected chi connectivity index (χ1v) is 15.7. The van der Waals surface area contributed by atoms with E-state index in [-0.39, 0.29) is 17.9 Å². The Bertz CT molecular complexity index is 1380. The van der Waals surface area contributed by atoms with Crippen molar-refractivity contribution in [2.24, 2.45) is 5.92 Å². The van der Waals surface area contributed by atoms with E-state index in [2.05, 4.69) is 112 Å². The molecule has 41 heavy (non-hydrogen) atoms. The average Bonchev–Trinajstić information content (AvgIpc) is 3.67. The quantitative estimate of drug-likeness (QED) is 0.235. The van der Waals surface area contributed by atoms with Crippen LogP contribution in [0.15, 0.2) is 84.9 Å². The van der Waals surface area contributed by atoms with Crippen LogP contribution in [0.5, 0.6) is 0 Å². The predicted octanol–water partition coefficient (Wildman–Crippen LogP) is 6.60. The lowest BCUT2D eigenvalue weighted by atomic mass is 9.83.